The van der Waals surface area contributed by atoms with E-state index in [9.17, 15) is 0 Å². The fourth-order valence-electron chi connectivity index (χ4n) is 1.44. The first-order chi connectivity index (χ1) is 8.15. The van der Waals surface area contributed by atoms with Gasteiger partial charge in [-0.3, -0.25) is 0 Å². The van der Waals surface area contributed by atoms with Gasteiger partial charge in [-0.25, -0.2) is 0 Å². The molecule has 0 unspecified atom stereocenters. The molecular formula is C13H21BrN2O. The zero-order valence-corrected chi connectivity index (χ0v) is 12.4. The Bertz CT molecular complexity index is 342. The van der Waals surface area contributed by atoms with Crippen LogP contribution in [0.3, 0.4) is 0 Å². The van der Waals surface area contributed by atoms with Crippen molar-refractivity contribution >= 4 is 15.9 Å². The summed E-state index contributed by atoms with van der Waals surface area (Å²) in [5.41, 5.74) is 1.19. The SMILES string of the molecule is CCNCc1cccc(Br)c1OCCN(C)C. The van der Waals surface area contributed by atoms with Gasteiger partial charge >= 0.3 is 0 Å². The monoisotopic (exact) mass is 300 g/mol. The van der Waals surface area contributed by atoms with Gasteiger partial charge in [0.25, 0.3) is 0 Å². The van der Waals surface area contributed by atoms with Gasteiger partial charge in [-0.1, -0.05) is 19.1 Å². The Balaban J connectivity index is 2.66. The van der Waals surface area contributed by atoms with E-state index in [1.807, 2.05) is 26.2 Å². The molecule has 96 valence electrons. The Morgan fingerprint density at radius 1 is 1.35 bits per heavy atom. The molecule has 1 rings (SSSR count). The van der Waals surface area contributed by atoms with E-state index < -0.39 is 0 Å². The highest BCUT2D eigenvalue weighted by Crippen LogP contribution is 2.28. The molecule has 1 aromatic rings. The Kier molecular flexibility index (Phi) is 6.55. The van der Waals surface area contributed by atoms with Crippen molar-refractivity contribution in [1.29, 1.82) is 0 Å². The van der Waals surface area contributed by atoms with Gasteiger partial charge < -0.3 is 15.0 Å². The minimum absolute atomic E-state index is 0.703. The number of nitrogens with one attached hydrogen (secondary N) is 1. The van der Waals surface area contributed by atoms with Gasteiger partial charge in [0.15, 0.2) is 0 Å². The lowest BCUT2D eigenvalue weighted by Crippen LogP contribution is -2.20. The van der Waals surface area contributed by atoms with Crippen molar-refractivity contribution in [3.05, 3.63) is 28.2 Å². The van der Waals surface area contributed by atoms with Crippen molar-refractivity contribution < 1.29 is 4.74 Å². The Morgan fingerprint density at radius 2 is 2.12 bits per heavy atom. The van der Waals surface area contributed by atoms with Crippen LogP contribution >= 0.6 is 15.9 Å². The molecule has 0 aliphatic carbocycles. The number of benzene rings is 1. The molecular weight excluding hydrogens is 280 g/mol. The molecule has 0 heterocycles. The molecule has 0 atom stereocenters. The van der Waals surface area contributed by atoms with Crippen molar-refractivity contribution in [3.8, 4) is 5.75 Å². The second-order valence-electron chi connectivity index (χ2n) is 4.16. The maximum atomic E-state index is 5.85. The van der Waals surface area contributed by atoms with Crippen molar-refractivity contribution in [2.75, 3.05) is 33.8 Å². The summed E-state index contributed by atoms with van der Waals surface area (Å²) in [4.78, 5) is 2.11. The first-order valence-electron chi connectivity index (χ1n) is 5.90. The maximum absolute atomic E-state index is 5.85. The summed E-state index contributed by atoms with van der Waals surface area (Å²) in [5.74, 6) is 0.954. The lowest BCUT2D eigenvalue weighted by molar-refractivity contribution is 0.258. The van der Waals surface area contributed by atoms with Crippen LogP contribution in [0.5, 0.6) is 5.75 Å². The number of rotatable bonds is 7. The Morgan fingerprint density at radius 3 is 2.76 bits per heavy atom. The first-order valence-corrected chi connectivity index (χ1v) is 6.70. The quantitative estimate of drug-likeness (QED) is 0.837. The van der Waals surface area contributed by atoms with E-state index in [0.29, 0.717) is 6.61 Å². The van der Waals surface area contributed by atoms with Crippen LogP contribution in [0.15, 0.2) is 22.7 Å². The predicted octanol–water partition coefficient (Wildman–Crippen LogP) is 2.50. The van der Waals surface area contributed by atoms with Gasteiger partial charge in [-0.15, -0.1) is 0 Å². The average Bonchev–Trinajstić information content (AvgIpc) is 2.29. The Hall–Kier alpha value is -0.580. The van der Waals surface area contributed by atoms with Gasteiger partial charge in [-0.2, -0.15) is 0 Å². The van der Waals surface area contributed by atoms with E-state index in [4.69, 9.17) is 4.74 Å². The standard InChI is InChI=1S/C13H21BrN2O/c1-4-15-10-11-6-5-7-12(14)13(11)17-9-8-16(2)3/h5-7,15H,4,8-10H2,1-3H3. The smallest absolute Gasteiger partial charge is 0.138 e. The third-order valence-corrected chi connectivity index (χ3v) is 3.02. The fraction of sp³-hybridized carbons (Fsp3) is 0.538. The van der Waals surface area contributed by atoms with Crippen LogP contribution in [0.4, 0.5) is 0 Å². The largest absolute Gasteiger partial charge is 0.491 e. The van der Waals surface area contributed by atoms with E-state index in [0.717, 1.165) is 29.9 Å². The third kappa shape index (κ3) is 5.06. The highest BCUT2D eigenvalue weighted by molar-refractivity contribution is 9.10. The van der Waals surface area contributed by atoms with E-state index >= 15 is 0 Å². The molecule has 1 N–H and O–H groups in total. The van der Waals surface area contributed by atoms with Crippen LogP contribution in [0.25, 0.3) is 0 Å². The van der Waals surface area contributed by atoms with Gasteiger partial charge in [0, 0.05) is 18.7 Å². The normalized spacial score (nSPS) is 10.9. The molecule has 0 saturated carbocycles. The molecule has 0 aliphatic heterocycles. The minimum Gasteiger partial charge on any atom is -0.491 e. The lowest BCUT2D eigenvalue weighted by Gasteiger charge is -2.15. The van der Waals surface area contributed by atoms with Crippen molar-refractivity contribution in [2.24, 2.45) is 0 Å². The van der Waals surface area contributed by atoms with E-state index in [1.54, 1.807) is 0 Å². The number of nitrogens with zero attached hydrogens (tertiary/aromatic N) is 1. The highest BCUT2D eigenvalue weighted by atomic mass is 79.9. The topological polar surface area (TPSA) is 24.5 Å². The van der Waals surface area contributed by atoms with Crippen LogP contribution in [-0.4, -0.2) is 38.7 Å². The summed E-state index contributed by atoms with van der Waals surface area (Å²) in [7, 11) is 4.09. The van der Waals surface area contributed by atoms with Crippen molar-refractivity contribution in [2.45, 2.75) is 13.5 Å². The zero-order chi connectivity index (χ0) is 12.7. The summed E-state index contributed by atoms with van der Waals surface area (Å²) >= 11 is 3.54. The molecule has 0 aromatic heterocycles. The minimum atomic E-state index is 0.703. The molecule has 0 amide bonds. The van der Waals surface area contributed by atoms with Crippen LogP contribution in [0, 0.1) is 0 Å². The molecule has 0 saturated heterocycles. The van der Waals surface area contributed by atoms with Gasteiger partial charge in [0.1, 0.15) is 12.4 Å². The summed E-state index contributed by atoms with van der Waals surface area (Å²) in [6, 6.07) is 6.15. The number of ether oxygens (including phenoxy) is 1. The third-order valence-electron chi connectivity index (χ3n) is 2.40. The number of hydrogen-bond donors (Lipinski definition) is 1. The van der Waals surface area contributed by atoms with Crippen LogP contribution < -0.4 is 10.1 Å². The number of likely N-dealkylation sites (N-methyl/N-ethyl adjacent to an activating group) is 1. The number of hydrogen-bond acceptors (Lipinski definition) is 3. The second kappa shape index (κ2) is 7.69. The molecule has 4 heteroatoms. The van der Waals surface area contributed by atoms with E-state index in [2.05, 4.69) is 39.1 Å². The molecule has 0 radical (unpaired) electrons. The van der Waals surface area contributed by atoms with E-state index in [-0.39, 0.29) is 0 Å². The molecule has 0 fully saturated rings. The van der Waals surface area contributed by atoms with Crippen LogP contribution in [0.1, 0.15) is 12.5 Å². The number of halogens is 1. The lowest BCUT2D eigenvalue weighted by atomic mass is 10.2. The fourth-order valence-corrected chi connectivity index (χ4v) is 1.97. The Labute approximate surface area is 112 Å². The molecule has 3 nitrogen and oxygen atoms in total. The van der Waals surface area contributed by atoms with Crippen molar-refractivity contribution in [3.63, 3.8) is 0 Å². The van der Waals surface area contributed by atoms with E-state index in [1.165, 1.54) is 5.56 Å². The van der Waals surface area contributed by atoms with Gasteiger partial charge in [0.2, 0.25) is 0 Å². The molecule has 0 spiro atoms. The zero-order valence-electron chi connectivity index (χ0n) is 10.8. The van der Waals surface area contributed by atoms with Crippen LogP contribution in [-0.2, 0) is 6.54 Å². The summed E-state index contributed by atoms with van der Waals surface area (Å²) in [6.07, 6.45) is 0. The van der Waals surface area contributed by atoms with Gasteiger partial charge in [0.05, 0.1) is 4.47 Å². The summed E-state index contributed by atoms with van der Waals surface area (Å²) < 4.78 is 6.87. The van der Waals surface area contributed by atoms with Crippen molar-refractivity contribution in [1.82, 2.24) is 10.2 Å². The molecule has 1 aromatic carbocycles. The average molecular weight is 301 g/mol. The summed E-state index contributed by atoms with van der Waals surface area (Å²) in [6.45, 7) is 5.53. The molecule has 17 heavy (non-hydrogen) atoms. The number of para-hydroxylation sites is 1. The van der Waals surface area contributed by atoms with Crippen LogP contribution in [0.2, 0.25) is 0 Å². The molecule has 0 bridgehead atoms. The summed E-state index contributed by atoms with van der Waals surface area (Å²) in [5, 5.41) is 3.32. The van der Waals surface area contributed by atoms with Gasteiger partial charge in [-0.05, 0) is 42.6 Å². The predicted molar refractivity (Wildman–Crippen MR) is 75.6 cm³/mol. The highest BCUT2D eigenvalue weighted by Gasteiger charge is 2.07. The second-order valence-corrected chi connectivity index (χ2v) is 5.01. The maximum Gasteiger partial charge on any atom is 0.138 e. The molecule has 0 aliphatic rings. The first kappa shape index (κ1) is 14.5.